The fourth-order valence-electron chi connectivity index (χ4n) is 3.68. The van der Waals surface area contributed by atoms with E-state index in [2.05, 4.69) is 54.6 Å². The molecule has 0 radical (unpaired) electrons. The SMILES string of the molecule is COc1ccc(OC)c(C=C2c3ccccc3CCc3ccccc32)c1. The van der Waals surface area contributed by atoms with Crippen LogP contribution in [0.3, 0.4) is 0 Å². The molecule has 1 aliphatic carbocycles. The Kier molecular flexibility index (Phi) is 4.49. The van der Waals surface area contributed by atoms with E-state index in [0.29, 0.717) is 0 Å². The highest BCUT2D eigenvalue weighted by atomic mass is 16.5. The van der Waals surface area contributed by atoms with Crippen molar-refractivity contribution in [1.29, 1.82) is 0 Å². The monoisotopic (exact) mass is 342 g/mol. The largest absolute Gasteiger partial charge is 0.497 e. The van der Waals surface area contributed by atoms with Gasteiger partial charge in [0.15, 0.2) is 0 Å². The number of benzene rings is 3. The highest BCUT2D eigenvalue weighted by Gasteiger charge is 2.18. The van der Waals surface area contributed by atoms with Crippen LogP contribution < -0.4 is 9.47 Å². The molecule has 26 heavy (non-hydrogen) atoms. The van der Waals surface area contributed by atoms with Crippen LogP contribution in [0.4, 0.5) is 0 Å². The molecule has 0 aromatic heterocycles. The molecule has 2 heteroatoms. The van der Waals surface area contributed by atoms with E-state index in [-0.39, 0.29) is 0 Å². The first-order chi connectivity index (χ1) is 12.8. The van der Waals surface area contributed by atoms with Crippen molar-refractivity contribution >= 4 is 11.6 Å². The van der Waals surface area contributed by atoms with Gasteiger partial charge < -0.3 is 9.47 Å². The van der Waals surface area contributed by atoms with Gasteiger partial charge in [-0.2, -0.15) is 0 Å². The minimum absolute atomic E-state index is 0.827. The van der Waals surface area contributed by atoms with Crippen molar-refractivity contribution in [2.24, 2.45) is 0 Å². The molecule has 0 atom stereocenters. The lowest BCUT2D eigenvalue weighted by atomic mass is 9.92. The maximum atomic E-state index is 5.59. The molecule has 0 spiro atoms. The molecule has 0 fully saturated rings. The van der Waals surface area contributed by atoms with Crippen LogP contribution in [0.1, 0.15) is 27.8 Å². The van der Waals surface area contributed by atoms with Crippen LogP contribution in [0.2, 0.25) is 0 Å². The first kappa shape index (κ1) is 16.5. The number of aryl methyl sites for hydroxylation is 2. The predicted octanol–water partition coefficient (Wildman–Crippen LogP) is 5.39. The molecule has 3 aromatic rings. The van der Waals surface area contributed by atoms with Gasteiger partial charge in [-0.25, -0.2) is 0 Å². The van der Waals surface area contributed by atoms with Crippen molar-refractivity contribution < 1.29 is 9.47 Å². The van der Waals surface area contributed by atoms with Gasteiger partial charge in [0.1, 0.15) is 11.5 Å². The highest BCUT2D eigenvalue weighted by molar-refractivity contribution is 5.95. The Labute approximate surface area is 154 Å². The summed E-state index contributed by atoms with van der Waals surface area (Å²) in [6.07, 6.45) is 4.34. The summed E-state index contributed by atoms with van der Waals surface area (Å²) in [5.74, 6) is 1.67. The van der Waals surface area contributed by atoms with Crippen molar-refractivity contribution in [2.75, 3.05) is 14.2 Å². The smallest absolute Gasteiger partial charge is 0.126 e. The van der Waals surface area contributed by atoms with E-state index in [9.17, 15) is 0 Å². The molecule has 0 N–H and O–H groups in total. The molecule has 0 saturated carbocycles. The van der Waals surface area contributed by atoms with Crippen LogP contribution in [0.5, 0.6) is 11.5 Å². The van der Waals surface area contributed by atoms with Gasteiger partial charge in [0.2, 0.25) is 0 Å². The molecule has 0 heterocycles. The molecule has 4 rings (SSSR count). The molecule has 2 nitrogen and oxygen atoms in total. The lowest BCUT2D eigenvalue weighted by molar-refractivity contribution is 0.402. The zero-order valence-corrected chi connectivity index (χ0v) is 15.2. The van der Waals surface area contributed by atoms with Crippen LogP contribution in [0.25, 0.3) is 11.6 Å². The number of hydrogen-bond donors (Lipinski definition) is 0. The summed E-state index contributed by atoms with van der Waals surface area (Å²) in [4.78, 5) is 0. The molecule has 0 unspecified atom stereocenters. The molecule has 1 aliphatic rings. The molecule has 3 aromatic carbocycles. The third-order valence-corrected chi connectivity index (χ3v) is 5.02. The normalized spacial score (nSPS) is 12.6. The van der Waals surface area contributed by atoms with Gasteiger partial charge in [-0.15, -0.1) is 0 Å². The number of hydrogen-bond acceptors (Lipinski definition) is 2. The van der Waals surface area contributed by atoms with E-state index in [0.717, 1.165) is 29.9 Å². The molecular weight excluding hydrogens is 320 g/mol. The van der Waals surface area contributed by atoms with Gasteiger partial charge in [0, 0.05) is 5.56 Å². The van der Waals surface area contributed by atoms with Crippen molar-refractivity contribution in [3.05, 3.63) is 94.5 Å². The summed E-state index contributed by atoms with van der Waals surface area (Å²) >= 11 is 0. The number of ether oxygens (including phenoxy) is 2. The second kappa shape index (κ2) is 7.09. The lowest BCUT2D eigenvalue weighted by Gasteiger charge is -2.14. The summed E-state index contributed by atoms with van der Waals surface area (Å²) in [5, 5.41) is 0. The van der Waals surface area contributed by atoms with Crippen LogP contribution in [-0.4, -0.2) is 14.2 Å². The summed E-state index contributed by atoms with van der Waals surface area (Å²) in [6.45, 7) is 0. The highest BCUT2D eigenvalue weighted by Crippen LogP contribution is 2.37. The number of rotatable bonds is 3. The topological polar surface area (TPSA) is 18.5 Å². The molecule has 0 bridgehead atoms. The van der Waals surface area contributed by atoms with E-state index in [1.54, 1.807) is 14.2 Å². The van der Waals surface area contributed by atoms with Crippen molar-refractivity contribution in [3.63, 3.8) is 0 Å². The molecular formula is C24H22O2. The average molecular weight is 342 g/mol. The van der Waals surface area contributed by atoms with Crippen LogP contribution >= 0.6 is 0 Å². The quantitative estimate of drug-likeness (QED) is 0.635. The molecule has 0 aliphatic heterocycles. The molecule has 130 valence electrons. The third-order valence-electron chi connectivity index (χ3n) is 5.02. The summed E-state index contributed by atoms with van der Waals surface area (Å²) in [6, 6.07) is 23.3. The van der Waals surface area contributed by atoms with Crippen LogP contribution in [-0.2, 0) is 12.8 Å². The van der Waals surface area contributed by atoms with E-state index in [4.69, 9.17) is 9.47 Å². The maximum Gasteiger partial charge on any atom is 0.126 e. The standard InChI is InChI=1S/C24H22O2/c1-25-20-13-14-24(26-2)19(15-20)16-23-21-9-5-3-7-17(21)11-12-18-8-4-6-10-22(18)23/h3-10,13-16H,11-12H2,1-2H3. The fraction of sp³-hybridized carbons (Fsp3) is 0.167. The zero-order valence-electron chi connectivity index (χ0n) is 15.2. The Morgan fingerprint density at radius 1 is 0.731 bits per heavy atom. The van der Waals surface area contributed by atoms with Gasteiger partial charge in [-0.05, 0) is 64.9 Å². The van der Waals surface area contributed by atoms with Crippen molar-refractivity contribution in [1.82, 2.24) is 0 Å². The third kappa shape index (κ3) is 2.99. The van der Waals surface area contributed by atoms with Gasteiger partial charge in [-0.3, -0.25) is 0 Å². The predicted molar refractivity (Wildman–Crippen MR) is 107 cm³/mol. The second-order valence-corrected chi connectivity index (χ2v) is 6.48. The Morgan fingerprint density at radius 2 is 1.35 bits per heavy atom. The minimum Gasteiger partial charge on any atom is -0.497 e. The van der Waals surface area contributed by atoms with E-state index >= 15 is 0 Å². The Balaban J connectivity index is 1.97. The molecule has 0 amide bonds. The first-order valence-electron chi connectivity index (χ1n) is 8.90. The van der Waals surface area contributed by atoms with Gasteiger partial charge in [0.25, 0.3) is 0 Å². The van der Waals surface area contributed by atoms with Gasteiger partial charge in [-0.1, -0.05) is 48.5 Å². The van der Waals surface area contributed by atoms with Crippen molar-refractivity contribution in [3.8, 4) is 11.5 Å². The summed E-state index contributed by atoms with van der Waals surface area (Å²) in [7, 11) is 3.40. The maximum absolute atomic E-state index is 5.59. The lowest BCUT2D eigenvalue weighted by Crippen LogP contribution is -1.94. The summed E-state index contributed by atoms with van der Waals surface area (Å²) in [5.41, 5.74) is 7.62. The number of methoxy groups -OCH3 is 2. The molecule has 0 saturated heterocycles. The Morgan fingerprint density at radius 3 is 1.92 bits per heavy atom. The van der Waals surface area contributed by atoms with Crippen LogP contribution in [0, 0.1) is 0 Å². The van der Waals surface area contributed by atoms with E-state index in [1.807, 2.05) is 18.2 Å². The van der Waals surface area contributed by atoms with Crippen LogP contribution in [0.15, 0.2) is 66.7 Å². The second-order valence-electron chi connectivity index (χ2n) is 6.48. The minimum atomic E-state index is 0.827. The van der Waals surface area contributed by atoms with Gasteiger partial charge in [0.05, 0.1) is 14.2 Å². The average Bonchev–Trinajstić information content (AvgIpc) is 2.85. The Hall–Kier alpha value is -3.00. The first-order valence-corrected chi connectivity index (χ1v) is 8.90. The number of fused-ring (bicyclic) bond motifs is 2. The fourth-order valence-corrected chi connectivity index (χ4v) is 3.68. The zero-order chi connectivity index (χ0) is 17.9. The summed E-state index contributed by atoms with van der Waals surface area (Å²) < 4.78 is 11.0. The van der Waals surface area contributed by atoms with Gasteiger partial charge >= 0.3 is 0 Å². The van der Waals surface area contributed by atoms with E-state index in [1.165, 1.54) is 27.8 Å². The van der Waals surface area contributed by atoms with Crippen molar-refractivity contribution in [2.45, 2.75) is 12.8 Å². The van der Waals surface area contributed by atoms with E-state index < -0.39 is 0 Å². The Bertz CT molecular complexity index is 920.